The topological polar surface area (TPSA) is 50.1 Å². The minimum Gasteiger partial charge on any atom is -0.497 e. The Morgan fingerprint density at radius 1 is 0.600 bits per heavy atom. The van der Waals surface area contributed by atoms with Crippen molar-refractivity contribution < 1.29 is 23.4 Å². The Balaban J connectivity index is 2.20. The highest BCUT2D eigenvalue weighted by Crippen LogP contribution is 2.43. The molecule has 3 rings (SSSR count). The standard InChI is InChI=1S/C20H20O5/c1-21-13-5-7-18(23-3)16(11-13)15-9-10-25-20(15)17-12-14(22-2)6-8-19(17)24-4/h5-12H,1-4H3. The lowest BCUT2D eigenvalue weighted by Gasteiger charge is -2.13. The lowest BCUT2D eigenvalue weighted by molar-refractivity contribution is 0.403. The van der Waals surface area contributed by atoms with Gasteiger partial charge in [0.05, 0.1) is 40.3 Å². The fourth-order valence-electron chi connectivity index (χ4n) is 2.75. The average molecular weight is 340 g/mol. The van der Waals surface area contributed by atoms with Crippen LogP contribution in [-0.4, -0.2) is 28.4 Å². The highest BCUT2D eigenvalue weighted by atomic mass is 16.5. The summed E-state index contributed by atoms with van der Waals surface area (Å²) in [5, 5.41) is 0. The summed E-state index contributed by atoms with van der Waals surface area (Å²) in [4.78, 5) is 0. The van der Waals surface area contributed by atoms with E-state index in [2.05, 4.69) is 0 Å². The maximum Gasteiger partial charge on any atom is 0.145 e. The van der Waals surface area contributed by atoms with E-state index in [1.54, 1.807) is 34.7 Å². The quantitative estimate of drug-likeness (QED) is 0.654. The summed E-state index contributed by atoms with van der Waals surface area (Å²) in [5.74, 6) is 3.54. The zero-order chi connectivity index (χ0) is 17.8. The Labute approximate surface area is 146 Å². The molecule has 3 aromatic rings. The lowest BCUT2D eigenvalue weighted by Crippen LogP contribution is -1.93. The van der Waals surface area contributed by atoms with Crippen LogP contribution in [0.15, 0.2) is 53.1 Å². The highest BCUT2D eigenvalue weighted by molar-refractivity contribution is 5.86. The van der Waals surface area contributed by atoms with Gasteiger partial charge in [-0.1, -0.05) is 0 Å². The zero-order valence-corrected chi connectivity index (χ0v) is 14.7. The van der Waals surface area contributed by atoms with Crippen molar-refractivity contribution in [2.24, 2.45) is 0 Å². The molecule has 0 aliphatic carbocycles. The number of hydrogen-bond donors (Lipinski definition) is 0. The van der Waals surface area contributed by atoms with Crippen LogP contribution in [0.25, 0.3) is 22.5 Å². The maximum absolute atomic E-state index is 5.79. The van der Waals surface area contributed by atoms with Crippen molar-refractivity contribution in [3.8, 4) is 45.4 Å². The van der Waals surface area contributed by atoms with Gasteiger partial charge < -0.3 is 23.4 Å². The Morgan fingerprint density at radius 2 is 1.16 bits per heavy atom. The number of ether oxygens (including phenoxy) is 4. The van der Waals surface area contributed by atoms with Gasteiger partial charge in [-0.3, -0.25) is 0 Å². The molecule has 0 aliphatic heterocycles. The van der Waals surface area contributed by atoms with Crippen molar-refractivity contribution >= 4 is 0 Å². The second kappa shape index (κ2) is 7.21. The molecule has 0 atom stereocenters. The third-order valence-corrected chi connectivity index (χ3v) is 4.01. The monoisotopic (exact) mass is 340 g/mol. The number of rotatable bonds is 6. The Bertz CT molecular complexity index is 796. The minimum atomic E-state index is 0.669. The normalized spacial score (nSPS) is 10.4. The molecule has 0 saturated carbocycles. The minimum absolute atomic E-state index is 0.669. The second-order valence-electron chi connectivity index (χ2n) is 5.30. The third kappa shape index (κ3) is 3.13. The molecule has 1 heterocycles. The predicted molar refractivity (Wildman–Crippen MR) is 95.8 cm³/mol. The lowest BCUT2D eigenvalue weighted by atomic mass is 10.00. The van der Waals surface area contributed by atoms with Gasteiger partial charge in [-0.05, 0) is 42.5 Å². The van der Waals surface area contributed by atoms with Crippen LogP contribution in [0.5, 0.6) is 23.0 Å². The van der Waals surface area contributed by atoms with Gasteiger partial charge in [0, 0.05) is 11.1 Å². The number of methoxy groups -OCH3 is 4. The summed E-state index contributed by atoms with van der Waals surface area (Å²) >= 11 is 0. The molecule has 0 spiro atoms. The summed E-state index contributed by atoms with van der Waals surface area (Å²) in [7, 11) is 6.52. The van der Waals surface area contributed by atoms with Crippen molar-refractivity contribution in [3.05, 3.63) is 48.7 Å². The van der Waals surface area contributed by atoms with Crippen molar-refractivity contribution in [1.29, 1.82) is 0 Å². The first kappa shape index (κ1) is 16.8. The van der Waals surface area contributed by atoms with Crippen molar-refractivity contribution in [2.45, 2.75) is 0 Å². The predicted octanol–water partition coefficient (Wildman–Crippen LogP) is 4.65. The van der Waals surface area contributed by atoms with Crippen molar-refractivity contribution in [1.82, 2.24) is 0 Å². The van der Waals surface area contributed by atoms with Gasteiger partial charge >= 0.3 is 0 Å². The summed E-state index contributed by atoms with van der Waals surface area (Å²) in [6.45, 7) is 0. The van der Waals surface area contributed by atoms with E-state index in [1.807, 2.05) is 42.5 Å². The summed E-state index contributed by atoms with van der Waals surface area (Å²) < 4.78 is 27.5. The fourth-order valence-corrected chi connectivity index (χ4v) is 2.75. The molecule has 5 nitrogen and oxygen atoms in total. The van der Waals surface area contributed by atoms with Crippen LogP contribution in [-0.2, 0) is 0 Å². The maximum atomic E-state index is 5.79. The molecule has 2 aromatic carbocycles. The first-order valence-electron chi connectivity index (χ1n) is 7.74. The first-order valence-corrected chi connectivity index (χ1v) is 7.74. The van der Waals surface area contributed by atoms with Gasteiger partial charge in [0.1, 0.15) is 28.8 Å². The van der Waals surface area contributed by atoms with E-state index in [0.29, 0.717) is 11.5 Å². The van der Waals surface area contributed by atoms with Gasteiger partial charge in [0.25, 0.3) is 0 Å². The molecule has 0 saturated heterocycles. The van der Waals surface area contributed by atoms with E-state index in [4.69, 9.17) is 23.4 Å². The van der Waals surface area contributed by atoms with Crippen LogP contribution in [0.1, 0.15) is 0 Å². The third-order valence-electron chi connectivity index (χ3n) is 4.01. The molecule has 0 fully saturated rings. The van der Waals surface area contributed by atoms with E-state index in [0.717, 1.165) is 33.9 Å². The van der Waals surface area contributed by atoms with Gasteiger partial charge in [-0.15, -0.1) is 0 Å². The molecule has 0 bridgehead atoms. The molecular weight excluding hydrogens is 320 g/mol. The van der Waals surface area contributed by atoms with Crippen molar-refractivity contribution in [3.63, 3.8) is 0 Å². The molecule has 1 aromatic heterocycles. The molecule has 130 valence electrons. The molecule has 25 heavy (non-hydrogen) atoms. The van der Waals surface area contributed by atoms with Gasteiger partial charge in [-0.2, -0.15) is 0 Å². The van der Waals surface area contributed by atoms with Crippen LogP contribution in [0.2, 0.25) is 0 Å². The molecule has 0 radical (unpaired) electrons. The van der Waals surface area contributed by atoms with E-state index in [-0.39, 0.29) is 0 Å². The Hall–Kier alpha value is -3.08. The fraction of sp³-hybridized carbons (Fsp3) is 0.200. The number of benzene rings is 2. The highest BCUT2D eigenvalue weighted by Gasteiger charge is 2.19. The van der Waals surface area contributed by atoms with Crippen LogP contribution >= 0.6 is 0 Å². The molecule has 5 heteroatoms. The first-order chi connectivity index (χ1) is 12.2. The summed E-state index contributed by atoms with van der Waals surface area (Å²) in [5.41, 5.74) is 2.55. The van der Waals surface area contributed by atoms with Crippen molar-refractivity contribution in [2.75, 3.05) is 28.4 Å². The zero-order valence-electron chi connectivity index (χ0n) is 14.7. The van der Waals surface area contributed by atoms with Crippen LogP contribution in [0.3, 0.4) is 0 Å². The molecule has 0 N–H and O–H groups in total. The smallest absolute Gasteiger partial charge is 0.145 e. The number of furan rings is 1. The largest absolute Gasteiger partial charge is 0.497 e. The van der Waals surface area contributed by atoms with E-state index in [1.165, 1.54) is 0 Å². The van der Waals surface area contributed by atoms with Crippen LogP contribution < -0.4 is 18.9 Å². The van der Waals surface area contributed by atoms with Gasteiger partial charge in [0.15, 0.2) is 0 Å². The second-order valence-corrected chi connectivity index (χ2v) is 5.30. The molecular formula is C20H20O5. The van der Waals surface area contributed by atoms with Crippen LogP contribution in [0, 0.1) is 0 Å². The van der Waals surface area contributed by atoms with Gasteiger partial charge in [-0.25, -0.2) is 0 Å². The van der Waals surface area contributed by atoms with Gasteiger partial charge in [0.2, 0.25) is 0 Å². The molecule has 0 aliphatic rings. The molecule has 0 amide bonds. The molecule has 0 unspecified atom stereocenters. The van der Waals surface area contributed by atoms with E-state index < -0.39 is 0 Å². The van der Waals surface area contributed by atoms with E-state index in [9.17, 15) is 0 Å². The Kier molecular flexibility index (Phi) is 4.84. The Morgan fingerprint density at radius 3 is 1.72 bits per heavy atom. The SMILES string of the molecule is COc1ccc(OC)c(-c2ccoc2-c2cc(OC)ccc2OC)c1. The van der Waals surface area contributed by atoms with E-state index >= 15 is 0 Å². The average Bonchev–Trinajstić information content (AvgIpc) is 3.16. The number of hydrogen-bond acceptors (Lipinski definition) is 5. The van der Waals surface area contributed by atoms with Crippen LogP contribution in [0.4, 0.5) is 0 Å². The summed E-state index contributed by atoms with van der Waals surface area (Å²) in [6.07, 6.45) is 1.64. The summed E-state index contributed by atoms with van der Waals surface area (Å²) in [6, 6.07) is 13.1.